The smallest absolute Gasteiger partial charge is 0.0916 e. The minimum absolute atomic E-state index is 0.370. The number of aliphatic hydroxyl groups is 1. The molecule has 0 aliphatic carbocycles. The number of halogens is 1. The molecule has 0 bridgehead atoms. The van der Waals surface area contributed by atoms with Crippen LogP contribution >= 0.6 is 22.6 Å². The summed E-state index contributed by atoms with van der Waals surface area (Å²) < 4.78 is 1.21. The van der Waals surface area contributed by atoms with Gasteiger partial charge in [0.2, 0.25) is 0 Å². The first-order chi connectivity index (χ1) is 8.17. The van der Waals surface area contributed by atoms with Gasteiger partial charge in [0.15, 0.2) is 0 Å². The van der Waals surface area contributed by atoms with E-state index in [-0.39, 0.29) is 6.10 Å². The van der Waals surface area contributed by atoms with E-state index in [1.165, 1.54) is 3.57 Å². The molecule has 1 aromatic rings. The Morgan fingerprint density at radius 1 is 1.12 bits per heavy atom. The Balaban J connectivity index is 2.56. The van der Waals surface area contributed by atoms with Crippen LogP contribution in [0.5, 0.6) is 0 Å². The molecule has 0 aromatic heterocycles. The Bertz CT molecular complexity index is 307. The molecule has 17 heavy (non-hydrogen) atoms. The number of hydrogen-bond donors (Lipinski definition) is 1. The molecule has 0 saturated carbocycles. The van der Waals surface area contributed by atoms with Crippen LogP contribution in [0.3, 0.4) is 0 Å². The van der Waals surface area contributed by atoms with E-state index in [2.05, 4.69) is 41.3 Å². The molecule has 0 heterocycles. The minimum Gasteiger partial charge on any atom is -0.387 e. The van der Waals surface area contributed by atoms with Crippen LogP contribution < -0.4 is 0 Å². The van der Waals surface area contributed by atoms with Gasteiger partial charge in [-0.3, -0.25) is 0 Å². The van der Waals surface area contributed by atoms with E-state index >= 15 is 0 Å². The molecule has 0 saturated heterocycles. The van der Waals surface area contributed by atoms with Crippen LogP contribution in [-0.4, -0.2) is 29.6 Å². The molecular weight excluding hydrogens is 325 g/mol. The van der Waals surface area contributed by atoms with Crippen LogP contribution in [0.1, 0.15) is 38.4 Å². The molecule has 1 N–H and O–H groups in total. The molecule has 3 heteroatoms. The van der Waals surface area contributed by atoms with Crippen molar-refractivity contribution in [2.75, 3.05) is 19.6 Å². The van der Waals surface area contributed by atoms with Gasteiger partial charge in [-0.05, 0) is 66.2 Å². The molecule has 0 aliphatic rings. The largest absolute Gasteiger partial charge is 0.387 e. The number of hydrogen-bond acceptors (Lipinski definition) is 2. The minimum atomic E-state index is -0.370. The third-order valence-electron chi connectivity index (χ3n) is 2.77. The van der Waals surface area contributed by atoms with Gasteiger partial charge in [-0.2, -0.15) is 0 Å². The zero-order valence-corrected chi connectivity index (χ0v) is 12.9. The Hall–Kier alpha value is -0.130. The highest BCUT2D eigenvalue weighted by Crippen LogP contribution is 2.16. The molecule has 0 amide bonds. The van der Waals surface area contributed by atoms with Crippen molar-refractivity contribution in [3.8, 4) is 0 Å². The molecular formula is C14H22INO. The van der Waals surface area contributed by atoms with Gasteiger partial charge in [-0.25, -0.2) is 0 Å². The summed E-state index contributed by atoms with van der Waals surface area (Å²) >= 11 is 2.28. The summed E-state index contributed by atoms with van der Waals surface area (Å²) in [5, 5.41) is 10.2. The van der Waals surface area contributed by atoms with Crippen LogP contribution in [-0.2, 0) is 0 Å². The highest BCUT2D eigenvalue weighted by atomic mass is 127. The molecule has 1 atom stereocenters. The Morgan fingerprint density at radius 3 is 2.12 bits per heavy atom. The molecule has 1 rings (SSSR count). The van der Waals surface area contributed by atoms with E-state index in [0.717, 1.165) is 38.0 Å². The van der Waals surface area contributed by atoms with Crippen LogP contribution in [0.15, 0.2) is 24.3 Å². The topological polar surface area (TPSA) is 23.5 Å². The van der Waals surface area contributed by atoms with Gasteiger partial charge in [0.1, 0.15) is 0 Å². The molecule has 1 aromatic carbocycles. The van der Waals surface area contributed by atoms with Gasteiger partial charge in [-0.15, -0.1) is 0 Å². The number of benzene rings is 1. The monoisotopic (exact) mass is 347 g/mol. The molecule has 0 fully saturated rings. The van der Waals surface area contributed by atoms with E-state index in [9.17, 15) is 5.11 Å². The van der Waals surface area contributed by atoms with Gasteiger partial charge in [0.05, 0.1) is 6.10 Å². The second kappa shape index (κ2) is 8.06. The fourth-order valence-electron chi connectivity index (χ4n) is 1.96. The number of nitrogens with zero attached hydrogens (tertiary/aromatic N) is 1. The normalized spacial score (nSPS) is 13.0. The maximum atomic E-state index is 10.2. The lowest BCUT2D eigenvalue weighted by atomic mass is 10.1. The summed E-state index contributed by atoms with van der Waals surface area (Å²) in [6, 6.07) is 8.12. The van der Waals surface area contributed by atoms with Gasteiger partial charge in [-0.1, -0.05) is 26.0 Å². The molecule has 0 aliphatic heterocycles. The van der Waals surface area contributed by atoms with Crippen molar-refractivity contribution in [1.82, 2.24) is 4.90 Å². The van der Waals surface area contributed by atoms with Crippen LogP contribution in [0, 0.1) is 3.57 Å². The molecule has 2 nitrogen and oxygen atoms in total. The number of rotatable bonds is 7. The van der Waals surface area contributed by atoms with Crippen molar-refractivity contribution >= 4 is 22.6 Å². The second-order valence-electron chi connectivity index (χ2n) is 4.37. The van der Waals surface area contributed by atoms with Crippen molar-refractivity contribution in [3.05, 3.63) is 33.4 Å². The fourth-order valence-corrected chi connectivity index (χ4v) is 2.32. The van der Waals surface area contributed by atoms with Crippen LogP contribution in [0.25, 0.3) is 0 Å². The van der Waals surface area contributed by atoms with Gasteiger partial charge < -0.3 is 10.0 Å². The highest BCUT2D eigenvalue weighted by Gasteiger charge is 2.12. The van der Waals surface area contributed by atoms with E-state index in [1.807, 2.05) is 24.3 Å². The van der Waals surface area contributed by atoms with Crippen LogP contribution in [0.4, 0.5) is 0 Å². The molecule has 0 radical (unpaired) electrons. The van der Waals surface area contributed by atoms with Crippen molar-refractivity contribution in [3.63, 3.8) is 0 Å². The molecule has 96 valence electrons. The van der Waals surface area contributed by atoms with Crippen molar-refractivity contribution < 1.29 is 5.11 Å². The molecule has 0 unspecified atom stereocenters. The van der Waals surface area contributed by atoms with E-state index in [4.69, 9.17) is 0 Å². The summed E-state index contributed by atoms with van der Waals surface area (Å²) in [4.78, 5) is 2.34. The first-order valence-electron chi connectivity index (χ1n) is 6.33. The van der Waals surface area contributed by atoms with Crippen LogP contribution in [0.2, 0.25) is 0 Å². The van der Waals surface area contributed by atoms with Gasteiger partial charge >= 0.3 is 0 Å². The maximum Gasteiger partial charge on any atom is 0.0916 e. The van der Waals surface area contributed by atoms with E-state index in [0.29, 0.717) is 0 Å². The standard InChI is InChI=1S/C14H22INO/c1-3-9-16(10-4-2)11-14(17)12-5-7-13(15)8-6-12/h5-8,14,17H,3-4,9-11H2,1-2H3/t14-/m1/s1. The van der Waals surface area contributed by atoms with Gasteiger partial charge in [0.25, 0.3) is 0 Å². The van der Waals surface area contributed by atoms with E-state index in [1.54, 1.807) is 0 Å². The second-order valence-corrected chi connectivity index (χ2v) is 5.61. The van der Waals surface area contributed by atoms with Crippen molar-refractivity contribution in [1.29, 1.82) is 0 Å². The van der Waals surface area contributed by atoms with E-state index < -0.39 is 0 Å². The predicted octanol–water partition coefficient (Wildman–Crippen LogP) is 3.45. The zero-order chi connectivity index (χ0) is 12.7. The fraction of sp³-hybridized carbons (Fsp3) is 0.571. The average Bonchev–Trinajstić information content (AvgIpc) is 2.30. The highest BCUT2D eigenvalue weighted by molar-refractivity contribution is 14.1. The Morgan fingerprint density at radius 2 is 1.65 bits per heavy atom. The van der Waals surface area contributed by atoms with Gasteiger partial charge in [0, 0.05) is 10.1 Å². The third-order valence-corrected chi connectivity index (χ3v) is 3.48. The first kappa shape index (κ1) is 14.9. The lowest BCUT2D eigenvalue weighted by Gasteiger charge is -2.24. The quantitative estimate of drug-likeness (QED) is 0.764. The summed E-state index contributed by atoms with van der Waals surface area (Å²) in [7, 11) is 0. The number of aliphatic hydroxyl groups excluding tert-OH is 1. The maximum absolute atomic E-state index is 10.2. The summed E-state index contributed by atoms with van der Waals surface area (Å²) in [5.74, 6) is 0. The van der Waals surface area contributed by atoms with Crippen molar-refractivity contribution in [2.45, 2.75) is 32.8 Å². The van der Waals surface area contributed by atoms with Crippen molar-refractivity contribution in [2.24, 2.45) is 0 Å². The summed E-state index contributed by atoms with van der Waals surface area (Å²) in [6.45, 7) is 7.23. The molecule has 0 spiro atoms. The average molecular weight is 347 g/mol. The summed E-state index contributed by atoms with van der Waals surface area (Å²) in [5.41, 5.74) is 1.02. The SMILES string of the molecule is CCCN(CCC)C[C@@H](O)c1ccc(I)cc1. The Labute approximate surface area is 118 Å². The predicted molar refractivity (Wildman–Crippen MR) is 81.1 cm³/mol. The zero-order valence-electron chi connectivity index (χ0n) is 10.7. The first-order valence-corrected chi connectivity index (χ1v) is 7.41. The lowest BCUT2D eigenvalue weighted by molar-refractivity contribution is 0.113. The summed E-state index contributed by atoms with van der Waals surface area (Å²) in [6.07, 6.45) is 1.91. The Kier molecular flexibility index (Phi) is 7.08. The third kappa shape index (κ3) is 5.36. The lowest BCUT2D eigenvalue weighted by Crippen LogP contribution is -2.30.